The van der Waals surface area contributed by atoms with Crippen molar-refractivity contribution in [3.8, 4) is 0 Å². The molecule has 0 N–H and O–H groups in total. The summed E-state index contributed by atoms with van der Waals surface area (Å²) in [7, 11) is -2.93. The molecule has 1 aliphatic rings. The lowest BCUT2D eigenvalue weighted by atomic mass is 10.2. The Balaban J connectivity index is 2.12. The molecule has 0 radical (unpaired) electrons. The van der Waals surface area contributed by atoms with Gasteiger partial charge in [-0.1, -0.05) is 0 Å². The number of hydrogen-bond acceptors (Lipinski definition) is 4. The van der Waals surface area contributed by atoms with Crippen LogP contribution in [-0.2, 0) is 16.3 Å². The number of imidazole rings is 1. The van der Waals surface area contributed by atoms with Crippen LogP contribution in [0, 0.1) is 0 Å². The van der Waals surface area contributed by atoms with Crippen LogP contribution in [0.3, 0.4) is 0 Å². The summed E-state index contributed by atoms with van der Waals surface area (Å²) >= 11 is 5.81. The molecule has 1 unspecified atom stereocenters. The van der Waals surface area contributed by atoms with E-state index in [0.717, 1.165) is 17.0 Å². The molecule has 0 spiro atoms. The van der Waals surface area contributed by atoms with E-state index in [1.165, 1.54) is 0 Å². The van der Waals surface area contributed by atoms with Gasteiger partial charge in [0.05, 0.1) is 17.5 Å². The van der Waals surface area contributed by atoms with Gasteiger partial charge in [-0.3, -0.25) is 0 Å². The Morgan fingerprint density at radius 2 is 2.32 bits per heavy atom. The smallest absolute Gasteiger partial charge is 0.160 e. The first kappa shape index (κ1) is 12.9. The number of halogens is 1. The largest absolute Gasteiger partial charge is 0.308 e. The van der Waals surface area contributed by atoms with Gasteiger partial charge in [-0.2, -0.15) is 0 Å². The van der Waals surface area contributed by atoms with Crippen molar-refractivity contribution in [2.45, 2.75) is 18.9 Å². The van der Waals surface area contributed by atoms with Crippen LogP contribution < -0.4 is 0 Å². The Morgan fingerprint density at radius 1 is 1.47 bits per heavy atom. The SMILES string of the molecule is O=S1(=O)CCC(n2c(CCCl)nc3cccnc32)C1. The van der Waals surface area contributed by atoms with Crippen LogP contribution in [0.2, 0.25) is 0 Å². The molecule has 3 rings (SSSR count). The molecule has 1 atom stereocenters. The summed E-state index contributed by atoms with van der Waals surface area (Å²) in [5.74, 6) is 1.70. The molecule has 0 bridgehead atoms. The van der Waals surface area contributed by atoms with Crippen LogP contribution in [0.5, 0.6) is 0 Å². The van der Waals surface area contributed by atoms with Crippen molar-refractivity contribution in [3.63, 3.8) is 0 Å². The Morgan fingerprint density at radius 3 is 3.00 bits per heavy atom. The molecule has 3 heterocycles. The quantitative estimate of drug-likeness (QED) is 0.807. The third kappa shape index (κ3) is 2.34. The molecule has 5 nitrogen and oxygen atoms in total. The second kappa shape index (κ2) is 4.76. The van der Waals surface area contributed by atoms with Gasteiger partial charge in [-0.05, 0) is 18.6 Å². The van der Waals surface area contributed by atoms with Crippen LogP contribution in [0.25, 0.3) is 11.2 Å². The summed E-state index contributed by atoms with van der Waals surface area (Å²) in [5, 5.41) is 0. The first-order valence-corrected chi connectivity index (χ1v) is 8.54. The fraction of sp³-hybridized carbons (Fsp3) is 0.500. The Kier molecular flexibility index (Phi) is 3.22. The highest BCUT2D eigenvalue weighted by Gasteiger charge is 2.31. The lowest BCUT2D eigenvalue weighted by Gasteiger charge is -2.14. The highest BCUT2D eigenvalue weighted by atomic mass is 35.5. The maximum absolute atomic E-state index is 11.7. The molecule has 1 fully saturated rings. The summed E-state index contributed by atoms with van der Waals surface area (Å²) in [5.41, 5.74) is 1.55. The maximum atomic E-state index is 11.7. The van der Waals surface area contributed by atoms with Gasteiger partial charge in [0.1, 0.15) is 11.3 Å². The Labute approximate surface area is 116 Å². The van der Waals surface area contributed by atoms with Crippen molar-refractivity contribution in [1.82, 2.24) is 14.5 Å². The normalized spacial score (nSPS) is 22.1. The zero-order chi connectivity index (χ0) is 13.5. The van der Waals surface area contributed by atoms with Crippen LogP contribution in [0.15, 0.2) is 18.3 Å². The highest BCUT2D eigenvalue weighted by Crippen LogP contribution is 2.28. The van der Waals surface area contributed by atoms with E-state index < -0.39 is 9.84 Å². The highest BCUT2D eigenvalue weighted by molar-refractivity contribution is 7.91. The van der Waals surface area contributed by atoms with E-state index in [-0.39, 0.29) is 17.5 Å². The van der Waals surface area contributed by atoms with Gasteiger partial charge in [0.15, 0.2) is 15.5 Å². The summed E-state index contributed by atoms with van der Waals surface area (Å²) in [6.45, 7) is 0. The number of sulfone groups is 1. The van der Waals surface area contributed by atoms with Crippen molar-refractivity contribution in [2.75, 3.05) is 17.4 Å². The number of rotatable bonds is 3. The first-order chi connectivity index (χ1) is 9.11. The fourth-order valence-corrected chi connectivity index (χ4v) is 4.47. The van der Waals surface area contributed by atoms with E-state index in [9.17, 15) is 8.42 Å². The van der Waals surface area contributed by atoms with Gasteiger partial charge in [0, 0.05) is 18.5 Å². The monoisotopic (exact) mass is 299 g/mol. The molecule has 0 saturated carbocycles. The van der Waals surface area contributed by atoms with Crippen molar-refractivity contribution in [1.29, 1.82) is 0 Å². The maximum Gasteiger partial charge on any atom is 0.160 e. The molecule has 2 aromatic rings. The number of nitrogens with zero attached hydrogens (tertiary/aromatic N) is 3. The first-order valence-electron chi connectivity index (χ1n) is 6.19. The van der Waals surface area contributed by atoms with Crippen LogP contribution in [-0.4, -0.2) is 40.3 Å². The topological polar surface area (TPSA) is 64.8 Å². The standard InChI is InChI=1S/C12H14ClN3O2S/c13-5-3-11-15-10-2-1-6-14-12(10)16(11)9-4-7-19(17,18)8-9/h1-2,6,9H,3-5,7-8H2. The fourth-order valence-electron chi connectivity index (χ4n) is 2.60. The van der Waals surface area contributed by atoms with Gasteiger partial charge in [0.2, 0.25) is 0 Å². The van der Waals surface area contributed by atoms with E-state index in [4.69, 9.17) is 11.6 Å². The van der Waals surface area contributed by atoms with Crippen LogP contribution in [0.1, 0.15) is 18.3 Å². The van der Waals surface area contributed by atoms with E-state index >= 15 is 0 Å². The average Bonchev–Trinajstić information content (AvgIpc) is 2.89. The van der Waals surface area contributed by atoms with Crippen LogP contribution >= 0.6 is 11.6 Å². The van der Waals surface area contributed by atoms with E-state index in [1.807, 2.05) is 16.7 Å². The second-order valence-electron chi connectivity index (χ2n) is 4.74. The molecule has 19 heavy (non-hydrogen) atoms. The molecule has 0 aliphatic carbocycles. The van der Waals surface area contributed by atoms with Crippen molar-refractivity contribution in [2.24, 2.45) is 0 Å². The molecule has 1 aliphatic heterocycles. The number of pyridine rings is 1. The number of hydrogen-bond donors (Lipinski definition) is 0. The molecule has 2 aromatic heterocycles. The third-order valence-electron chi connectivity index (χ3n) is 3.41. The van der Waals surface area contributed by atoms with Crippen molar-refractivity contribution in [3.05, 3.63) is 24.2 Å². The zero-order valence-electron chi connectivity index (χ0n) is 10.3. The van der Waals surface area contributed by atoms with E-state index in [0.29, 0.717) is 18.7 Å². The Hall–Kier alpha value is -1.14. The summed E-state index contributed by atoms with van der Waals surface area (Å²) in [4.78, 5) is 8.85. The predicted octanol–water partition coefficient (Wildman–Crippen LogP) is 1.57. The molecule has 0 amide bonds. The minimum atomic E-state index is -2.93. The molecular weight excluding hydrogens is 286 g/mol. The number of aryl methyl sites for hydroxylation is 1. The summed E-state index contributed by atoms with van der Waals surface area (Å²) < 4.78 is 25.3. The van der Waals surface area contributed by atoms with Gasteiger partial charge in [-0.25, -0.2) is 18.4 Å². The minimum absolute atomic E-state index is 0.0666. The van der Waals surface area contributed by atoms with Crippen molar-refractivity contribution >= 4 is 32.6 Å². The van der Waals surface area contributed by atoms with Gasteiger partial charge in [0.25, 0.3) is 0 Å². The summed E-state index contributed by atoms with van der Waals surface area (Å²) in [6, 6.07) is 3.65. The zero-order valence-corrected chi connectivity index (χ0v) is 11.9. The minimum Gasteiger partial charge on any atom is -0.308 e. The molecule has 7 heteroatoms. The molecule has 1 saturated heterocycles. The molecule has 102 valence electrons. The van der Waals surface area contributed by atoms with Crippen molar-refractivity contribution < 1.29 is 8.42 Å². The number of alkyl halides is 1. The number of aromatic nitrogens is 3. The summed E-state index contributed by atoms with van der Waals surface area (Å²) in [6.07, 6.45) is 2.95. The predicted molar refractivity (Wildman–Crippen MR) is 74.3 cm³/mol. The van der Waals surface area contributed by atoms with E-state index in [1.54, 1.807) is 6.20 Å². The van der Waals surface area contributed by atoms with Gasteiger partial charge in [-0.15, -0.1) is 11.6 Å². The Bertz CT molecular complexity index is 711. The number of fused-ring (bicyclic) bond motifs is 1. The molecular formula is C12H14ClN3O2S. The average molecular weight is 300 g/mol. The lowest BCUT2D eigenvalue weighted by Crippen LogP contribution is -2.14. The third-order valence-corrected chi connectivity index (χ3v) is 5.35. The van der Waals surface area contributed by atoms with Crippen LogP contribution in [0.4, 0.5) is 0 Å². The molecule has 0 aromatic carbocycles. The second-order valence-corrected chi connectivity index (χ2v) is 7.35. The van der Waals surface area contributed by atoms with E-state index in [2.05, 4.69) is 9.97 Å². The lowest BCUT2D eigenvalue weighted by molar-refractivity contribution is 0.545. The van der Waals surface area contributed by atoms with Gasteiger partial charge < -0.3 is 4.57 Å². The van der Waals surface area contributed by atoms with Gasteiger partial charge >= 0.3 is 0 Å².